The van der Waals surface area contributed by atoms with Crippen LogP contribution in [0.15, 0.2) is 53.6 Å². The van der Waals surface area contributed by atoms with Crippen molar-refractivity contribution in [1.82, 2.24) is 10.3 Å². The van der Waals surface area contributed by atoms with Crippen molar-refractivity contribution < 1.29 is 9.72 Å². The Labute approximate surface area is 148 Å². The first-order valence-electron chi connectivity index (χ1n) is 7.76. The van der Waals surface area contributed by atoms with Crippen LogP contribution in [-0.2, 0) is 6.42 Å². The van der Waals surface area contributed by atoms with E-state index < -0.39 is 10.8 Å². The zero-order valence-corrected chi connectivity index (χ0v) is 14.4. The number of aromatic nitrogens is 1. The minimum Gasteiger partial charge on any atom is -0.361 e. The molecule has 0 atom stereocenters. The molecule has 1 amide bonds. The quantitative estimate of drug-likeness (QED) is 0.400. The van der Waals surface area contributed by atoms with Crippen LogP contribution in [0.25, 0.3) is 10.9 Å². The smallest absolute Gasteiger partial charge is 0.282 e. The van der Waals surface area contributed by atoms with Crippen molar-refractivity contribution in [3.05, 3.63) is 69.9 Å². The third kappa shape index (κ3) is 3.66. The average Bonchev–Trinajstić information content (AvgIpc) is 3.04. The van der Waals surface area contributed by atoms with E-state index in [2.05, 4.69) is 10.3 Å². The zero-order chi connectivity index (χ0) is 17.8. The number of nitro benzene ring substituents is 1. The molecule has 2 aromatic carbocycles. The lowest BCUT2D eigenvalue weighted by Gasteiger charge is -2.07. The number of carbonyl (C=O) groups is 1. The molecule has 0 aliphatic heterocycles. The van der Waals surface area contributed by atoms with E-state index in [0.717, 1.165) is 21.4 Å². The molecule has 2 N–H and O–H groups in total. The van der Waals surface area contributed by atoms with Gasteiger partial charge in [0.2, 0.25) is 0 Å². The average molecular weight is 355 g/mol. The number of nitro groups is 1. The summed E-state index contributed by atoms with van der Waals surface area (Å²) in [5, 5.41) is 15.0. The number of benzene rings is 2. The summed E-state index contributed by atoms with van der Waals surface area (Å²) in [4.78, 5) is 27.0. The molecule has 0 spiro atoms. The van der Waals surface area contributed by atoms with Gasteiger partial charge >= 0.3 is 0 Å². The third-order valence-corrected chi connectivity index (χ3v) is 4.73. The van der Waals surface area contributed by atoms with Crippen LogP contribution in [0.5, 0.6) is 0 Å². The summed E-state index contributed by atoms with van der Waals surface area (Å²) in [6.45, 7) is 0.404. The van der Waals surface area contributed by atoms with Gasteiger partial charge in [-0.1, -0.05) is 18.2 Å². The Kier molecular flexibility index (Phi) is 5.04. The lowest BCUT2D eigenvalue weighted by Crippen LogP contribution is -2.26. The van der Waals surface area contributed by atoms with Gasteiger partial charge in [-0.15, -0.1) is 11.8 Å². The third-order valence-electron chi connectivity index (χ3n) is 4.00. The van der Waals surface area contributed by atoms with Crippen molar-refractivity contribution in [1.29, 1.82) is 0 Å². The predicted octanol–water partition coefficient (Wildman–Crippen LogP) is 3.77. The summed E-state index contributed by atoms with van der Waals surface area (Å²) < 4.78 is 0. The Morgan fingerprint density at radius 3 is 2.84 bits per heavy atom. The minimum absolute atomic E-state index is 0.0933. The van der Waals surface area contributed by atoms with Gasteiger partial charge in [-0.2, -0.15) is 0 Å². The number of carbonyl (C=O) groups excluding carboxylic acids is 1. The maximum atomic E-state index is 12.4. The number of H-pyrrole nitrogens is 1. The molecule has 3 rings (SSSR count). The van der Waals surface area contributed by atoms with E-state index in [4.69, 9.17) is 0 Å². The van der Waals surface area contributed by atoms with Crippen molar-refractivity contribution in [2.45, 2.75) is 11.3 Å². The highest BCUT2D eigenvalue weighted by Gasteiger charge is 2.20. The van der Waals surface area contributed by atoms with Crippen LogP contribution in [0.4, 0.5) is 5.69 Å². The van der Waals surface area contributed by atoms with E-state index in [-0.39, 0.29) is 11.3 Å². The monoisotopic (exact) mass is 355 g/mol. The fourth-order valence-electron chi connectivity index (χ4n) is 2.73. The van der Waals surface area contributed by atoms with Crippen molar-refractivity contribution in [2.24, 2.45) is 0 Å². The maximum Gasteiger partial charge on any atom is 0.282 e. The molecular formula is C18H17N3O3S. The topological polar surface area (TPSA) is 88.0 Å². The Morgan fingerprint density at radius 2 is 2.08 bits per heavy atom. The number of aromatic amines is 1. The number of thioether (sulfide) groups is 1. The maximum absolute atomic E-state index is 12.4. The van der Waals surface area contributed by atoms with Gasteiger partial charge in [0.1, 0.15) is 5.56 Å². The molecule has 0 aliphatic carbocycles. The fraction of sp³-hybridized carbons (Fsp3) is 0.167. The highest BCUT2D eigenvalue weighted by molar-refractivity contribution is 7.98. The van der Waals surface area contributed by atoms with Crippen molar-refractivity contribution in [3.8, 4) is 0 Å². The highest BCUT2D eigenvalue weighted by atomic mass is 32.2. The second-order valence-corrected chi connectivity index (χ2v) is 6.39. The van der Waals surface area contributed by atoms with E-state index in [1.165, 1.54) is 17.8 Å². The Balaban J connectivity index is 1.71. The van der Waals surface area contributed by atoms with Gasteiger partial charge in [-0.25, -0.2) is 0 Å². The fourth-order valence-corrected chi connectivity index (χ4v) is 3.17. The second-order valence-electron chi connectivity index (χ2n) is 5.51. The van der Waals surface area contributed by atoms with Gasteiger partial charge in [-0.05, 0) is 36.4 Å². The van der Waals surface area contributed by atoms with Crippen molar-refractivity contribution >= 4 is 34.3 Å². The molecule has 0 aliphatic rings. The molecular weight excluding hydrogens is 338 g/mol. The predicted molar refractivity (Wildman–Crippen MR) is 99.2 cm³/mol. The summed E-state index contributed by atoms with van der Waals surface area (Å²) >= 11 is 1.44. The van der Waals surface area contributed by atoms with Gasteiger partial charge in [0, 0.05) is 34.6 Å². The number of hydrogen-bond acceptors (Lipinski definition) is 4. The van der Waals surface area contributed by atoms with Crippen LogP contribution in [0.1, 0.15) is 15.9 Å². The lowest BCUT2D eigenvalue weighted by atomic mass is 10.1. The van der Waals surface area contributed by atoms with Crippen molar-refractivity contribution in [3.63, 3.8) is 0 Å². The number of nitrogens with zero attached hydrogens (tertiary/aromatic N) is 1. The number of hydrogen-bond donors (Lipinski definition) is 2. The number of amides is 1. The molecule has 7 heteroatoms. The first kappa shape index (κ1) is 17.0. The standard InChI is InChI=1S/C18H17N3O3S/c1-25-13-6-7-17(21(23)24)15(10-13)18(22)19-9-8-12-11-20-16-5-3-2-4-14(12)16/h2-7,10-11,20H,8-9H2,1H3,(H,19,22). The van der Waals surface area contributed by atoms with E-state index in [9.17, 15) is 14.9 Å². The lowest BCUT2D eigenvalue weighted by molar-refractivity contribution is -0.385. The molecule has 1 aromatic heterocycles. The summed E-state index contributed by atoms with van der Waals surface area (Å²) in [6, 6.07) is 12.5. The minimum atomic E-state index is -0.529. The molecule has 6 nitrogen and oxygen atoms in total. The van der Waals surface area contributed by atoms with E-state index >= 15 is 0 Å². The van der Waals surface area contributed by atoms with Crippen LogP contribution < -0.4 is 5.32 Å². The van der Waals surface area contributed by atoms with Gasteiger partial charge in [0.05, 0.1) is 4.92 Å². The van der Waals surface area contributed by atoms with Crippen molar-refractivity contribution in [2.75, 3.05) is 12.8 Å². The van der Waals surface area contributed by atoms with Crippen LogP contribution in [-0.4, -0.2) is 28.6 Å². The Hall–Kier alpha value is -2.80. The second kappa shape index (κ2) is 7.40. The molecule has 0 fully saturated rings. The summed E-state index contributed by atoms with van der Waals surface area (Å²) in [7, 11) is 0. The van der Waals surface area contributed by atoms with Gasteiger partial charge < -0.3 is 10.3 Å². The van der Waals surface area contributed by atoms with Crippen LogP contribution in [0.2, 0.25) is 0 Å². The van der Waals surface area contributed by atoms with Crippen LogP contribution in [0.3, 0.4) is 0 Å². The molecule has 25 heavy (non-hydrogen) atoms. The first-order valence-corrected chi connectivity index (χ1v) is 8.98. The molecule has 128 valence electrons. The zero-order valence-electron chi connectivity index (χ0n) is 13.6. The molecule has 0 bridgehead atoms. The summed E-state index contributed by atoms with van der Waals surface area (Å²) in [6.07, 6.45) is 4.43. The molecule has 0 saturated heterocycles. The molecule has 0 unspecified atom stereocenters. The number of nitrogens with one attached hydrogen (secondary N) is 2. The number of rotatable bonds is 6. The largest absolute Gasteiger partial charge is 0.361 e. The molecule has 0 saturated carbocycles. The van der Waals surface area contributed by atoms with Gasteiger partial charge in [0.15, 0.2) is 0 Å². The van der Waals surface area contributed by atoms with E-state index in [1.54, 1.807) is 12.1 Å². The first-order chi connectivity index (χ1) is 12.1. The van der Waals surface area contributed by atoms with E-state index in [1.807, 2.05) is 36.7 Å². The Bertz CT molecular complexity index is 936. The normalized spacial score (nSPS) is 10.8. The van der Waals surface area contributed by atoms with Crippen LogP contribution >= 0.6 is 11.8 Å². The van der Waals surface area contributed by atoms with Gasteiger partial charge in [-0.3, -0.25) is 14.9 Å². The molecule has 1 heterocycles. The van der Waals surface area contributed by atoms with Gasteiger partial charge in [0.25, 0.3) is 11.6 Å². The highest BCUT2D eigenvalue weighted by Crippen LogP contribution is 2.25. The Morgan fingerprint density at radius 1 is 1.28 bits per heavy atom. The van der Waals surface area contributed by atoms with Crippen LogP contribution in [0, 0.1) is 10.1 Å². The molecule has 0 radical (unpaired) electrons. The number of para-hydroxylation sites is 1. The molecule has 3 aromatic rings. The SMILES string of the molecule is CSc1ccc([N+](=O)[O-])c(C(=O)NCCc2c[nH]c3ccccc23)c1. The number of fused-ring (bicyclic) bond motifs is 1. The summed E-state index contributed by atoms with van der Waals surface area (Å²) in [5.41, 5.74) is 2.06. The van der Waals surface area contributed by atoms with E-state index in [0.29, 0.717) is 13.0 Å². The summed E-state index contributed by atoms with van der Waals surface area (Å²) in [5.74, 6) is -0.428.